The molecule has 3 amide bonds. The molecular weight excluding hydrogens is 1080 g/mol. The number of nitrogens with two attached hydrogens (primary N) is 2. The normalized spacial score (nSPS) is 17.0. The fraction of sp³-hybridized carbons (Fsp3) is 0.355. The summed E-state index contributed by atoms with van der Waals surface area (Å²) < 4.78 is 3.84. The van der Waals surface area contributed by atoms with Crippen LogP contribution in [0.15, 0.2) is 122 Å². The maximum atomic E-state index is 13.0. The van der Waals surface area contributed by atoms with E-state index in [0.29, 0.717) is 76.3 Å². The van der Waals surface area contributed by atoms with E-state index in [1.54, 1.807) is 48.8 Å². The Balaban J connectivity index is 0.000000164. The number of hydrogen-bond acceptors (Lipinski definition) is 17. The molecule has 12 rings (SSSR count). The summed E-state index contributed by atoms with van der Waals surface area (Å²) in [6.45, 7) is 8.52. The van der Waals surface area contributed by atoms with Gasteiger partial charge in [-0.25, -0.2) is 44.1 Å². The predicted octanol–water partition coefficient (Wildman–Crippen LogP) is 7.52. The number of fused-ring (bicyclic) bond motifs is 2. The lowest BCUT2D eigenvalue weighted by molar-refractivity contribution is -0.131. The number of benzene rings is 2. The molecule has 23 nitrogen and oxygen atoms in total. The highest BCUT2D eigenvalue weighted by Gasteiger charge is 2.30. The fourth-order valence-electron chi connectivity index (χ4n) is 10.5. The Hall–Kier alpha value is -9.32. The molecule has 0 unspecified atom stereocenters. The maximum Gasteiger partial charge on any atom is 0.328 e. The zero-order valence-corrected chi connectivity index (χ0v) is 48.3. The molecular formula is C62H72N18O5. The van der Waals surface area contributed by atoms with E-state index in [2.05, 4.69) is 62.7 Å². The van der Waals surface area contributed by atoms with Crippen LogP contribution in [0.3, 0.4) is 0 Å². The molecule has 85 heavy (non-hydrogen) atoms. The lowest BCUT2D eigenvalue weighted by atomic mass is 10.1. The van der Waals surface area contributed by atoms with Crippen molar-refractivity contribution in [3.05, 3.63) is 144 Å². The minimum Gasteiger partial charge on any atom is -0.478 e. The molecule has 440 valence electrons. The van der Waals surface area contributed by atoms with Gasteiger partial charge in [-0.1, -0.05) is 36.4 Å². The number of aromatic nitrogens is 10. The average molecular weight is 1150 g/mol. The third-order valence-electron chi connectivity index (χ3n) is 15.5. The van der Waals surface area contributed by atoms with Gasteiger partial charge in [-0.3, -0.25) is 24.2 Å². The van der Waals surface area contributed by atoms with Gasteiger partial charge in [0.05, 0.1) is 22.9 Å². The molecule has 8 heterocycles. The number of hydrogen-bond donors (Lipinski definition) is 6. The number of carboxylic acids is 1. The molecule has 2 aromatic carbocycles. The van der Waals surface area contributed by atoms with Crippen molar-refractivity contribution in [2.45, 2.75) is 89.4 Å². The second-order valence-corrected chi connectivity index (χ2v) is 22.1. The van der Waals surface area contributed by atoms with E-state index in [1.807, 2.05) is 89.8 Å². The van der Waals surface area contributed by atoms with E-state index in [0.717, 1.165) is 90.8 Å². The fourth-order valence-corrected chi connectivity index (χ4v) is 10.5. The number of carboxylic acid groups (broad SMARTS) is 1. The molecule has 4 aliphatic rings. The second-order valence-electron chi connectivity index (χ2n) is 22.1. The zero-order chi connectivity index (χ0) is 59.6. The van der Waals surface area contributed by atoms with Crippen LogP contribution in [0.4, 0.5) is 23.3 Å². The first-order chi connectivity index (χ1) is 41.2. The summed E-state index contributed by atoms with van der Waals surface area (Å²) in [6.07, 6.45) is 21.6. The van der Waals surface area contributed by atoms with Crippen LogP contribution in [0.5, 0.6) is 0 Å². The number of rotatable bonds is 16. The Morgan fingerprint density at radius 3 is 1.58 bits per heavy atom. The molecule has 2 aliphatic heterocycles. The van der Waals surface area contributed by atoms with Gasteiger partial charge in [0.25, 0.3) is 11.8 Å². The Morgan fingerprint density at radius 2 is 1.12 bits per heavy atom. The zero-order valence-electron chi connectivity index (χ0n) is 48.3. The molecule has 0 bridgehead atoms. The largest absolute Gasteiger partial charge is 0.478 e. The number of nitrogens with one attached hydrogen (secondary N) is 3. The number of nitrogen functional groups attached to an aromatic ring is 2. The molecule has 0 spiro atoms. The number of likely N-dealkylation sites (tertiary alicyclic amines) is 1. The van der Waals surface area contributed by atoms with Gasteiger partial charge in [0.1, 0.15) is 47.3 Å². The van der Waals surface area contributed by atoms with Crippen LogP contribution >= 0.6 is 0 Å². The average Bonchev–Trinajstić information content (AvgIpc) is 2.04. The van der Waals surface area contributed by atoms with Gasteiger partial charge in [0.15, 0.2) is 11.3 Å². The Labute approximate surface area is 492 Å². The minimum atomic E-state index is -0.866. The van der Waals surface area contributed by atoms with Gasteiger partial charge in [0.2, 0.25) is 5.91 Å². The molecule has 6 aromatic heterocycles. The van der Waals surface area contributed by atoms with E-state index < -0.39 is 5.97 Å². The number of carbonyl (C=O) groups is 4. The van der Waals surface area contributed by atoms with Crippen molar-refractivity contribution < 1.29 is 24.3 Å². The highest BCUT2D eigenvalue weighted by atomic mass is 16.4. The molecule has 2 aliphatic carbocycles. The molecule has 8 N–H and O–H groups in total. The van der Waals surface area contributed by atoms with Gasteiger partial charge in [-0.15, -0.1) is 0 Å². The summed E-state index contributed by atoms with van der Waals surface area (Å²) in [6, 6.07) is 23.4. The van der Waals surface area contributed by atoms with E-state index >= 15 is 0 Å². The SMILES string of the molecule is CN(C/C=C/C(=O)O)C1CC1.Cc1ccnc(NC(=O)c2ccc(-c3nn([C@@H]4CCCN(C(=O)/C=C/CN(C)C5CC5)C4)c4ncnc(N)c34)cc2)c1.Cc1ccnc(NC(=O)c2ccc(-c3nn([C@@H]4CCCNC4)c4ncnc(N)c34)cc2)c1. The lowest BCUT2D eigenvalue weighted by Gasteiger charge is -2.32. The summed E-state index contributed by atoms with van der Waals surface area (Å²) in [4.78, 5) is 80.7. The molecule has 2 saturated heterocycles. The number of anilines is 4. The Bertz CT molecular complexity index is 3740. The molecule has 8 aromatic rings. The van der Waals surface area contributed by atoms with Crippen LogP contribution in [0.1, 0.15) is 95.3 Å². The number of carbonyl (C=O) groups excluding carboxylic acids is 3. The maximum absolute atomic E-state index is 13.0. The summed E-state index contributed by atoms with van der Waals surface area (Å²) in [7, 11) is 4.12. The van der Waals surface area contributed by atoms with Gasteiger partial charge in [-0.2, -0.15) is 10.2 Å². The first kappa shape index (κ1) is 58.9. The lowest BCUT2D eigenvalue weighted by Crippen LogP contribution is -2.40. The second kappa shape index (κ2) is 26.9. The van der Waals surface area contributed by atoms with E-state index in [1.165, 1.54) is 44.4 Å². The van der Waals surface area contributed by atoms with E-state index in [9.17, 15) is 19.2 Å². The summed E-state index contributed by atoms with van der Waals surface area (Å²) >= 11 is 0. The Morgan fingerprint density at radius 1 is 0.635 bits per heavy atom. The van der Waals surface area contributed by atoms with Crippen LogP contribution in [0.2, 0.25) is 0 Å². The Kier molecular flexibility index (Phi) is 18.7. The predicted molar refractivity (Wildman–Crippen MR) is 327 cm³/mol. The third-order valence-corrected chi connectivity index (χ3v) is 15.5. The van der Waals surface area contributed by atoms with Crippen LogP contribution in [0.25, 0.3) is 44.6 Å². The van der Waals surface area contributed by atoms with Gasteiger partial charge >= 0.3 is 5.97 Å². The number of aliphatic carboxylic acids is 1. The number of piperidine rings is 2. The third kappa shape index (κ3) is 14.9. The molecule has 23 heteroatoms. The summed E-state index contributed by atoms with van der Waals surface area (Å²) in [5, 5.41) is 28.6. The van der Waals surface area contributed by atoms with Crippen molar-refractivity contribution in [2.24, 2.45) is 0 Å². The van der Waals surface area contributed by atoms with Crippen molar-refractivity contribution in [3.63, 3.8) is 0 Å². The quantitative estimate of drug-likeness (QED) is 0.0510. The van der Waals surface area contributed by atoms with Crippen LogP contribution in [-0.4, -0.2) is 158 Å². The number of likely N-dealkylation sites (N-methyl/N-ethyl adjacent to an activating group) is 2. The number of nitrogens with zero attached hydrogens (tertiary/aromatic N) is 13. The highest BCUT2D eigenvalue weighted by molar-refractivity contribution is 6.06. The monoisotopic (exact) mass is 1150 g/mol. The molecule has 2 atom stereocenters. The topological polar surface area (TPSA) is 299 Å². The number of pyridine rings is 2. The van der Waals surface area contributed by atoms with Crippen LogP contribution in [0, 0.1) is 13.8 Å². The highest BCUT2D eigenvalue weighted by Crippen LogP contribution is 2.36. The summed E-state index contributed by atoms with van der Waals surface area (Å²) in [5.41, 5.74) is 20.0. The standard InChI is InChI=1S/C31H35N9O2.C23H24N8O.C8H13NO2/c1-20-13-14-33-25(17-20)36-31(42)22-9-7-21(8-10-22)28-27-29(32)34-19-35-30(27)40(37-28)24-5-3-16-39(18-24)26(41)6-4-15-38(2)23-11-12-23;1-14-8-10-26-18(11-14)29-23(32)16-6-4-15(5-7-16)20-19-21(24)27-13-28-22(19)31(30-20)17-3-2-9-25-12-17;1-9(7-4-5-7)6-2-3-8(10)11/h4,6-10,13-14,17,19,23-24H,3,5,11-12,15-16,18H2,1-2H3,(H2,32,34,35)(H,33,36,42);4-8,10-11,13,17,25H,2-3,9,12H2,1H3,(H2,24,27,28)(H,26,29,32);2-3,7H,4-6H2,1H3,(H,10,11)/b6-4+;;3-2+/t24-;17-;/m11./s1. The van der Waals surface area contributed by atoms with Crippen molar-refractivity contribution in [1.82, 2.24) is 69.5 Å². The van der Waals surface area contributed by atoms with Crippen molar-refractivity contribution >= 4 is 69.0 Å². The number of amides is 3. The smallest absolute Gasteiger partial charge is 0.328 e. The van der Waals surface area contributed by atoms with Gasteiger partial charge < -0.3 is 37.4 Å². The minimum absolute atomic E-state index is 0.0180. The summed E-state index contributed by atoms with van der Waals surface area (Å²) in [5.74, 6) is 0.431. The van der Waals surface area contributed by atoms with Gasteiger partial charge in [0, 0.05) is 91.6 Å². The molecule has 2 saturated carbocycles. The number of aryl methyl sites for hydroxylation is 2. The van der Waals surface area contributed by atoms with Crippen molar-refractivity contribution in [2.75, 3.05) is 75.5 Å². The first-order valence-corrected chi connectivity index (χ1v) is 28.8. The van der Waals surface area contributed by atoms with Crippen LogP contribution < -0.4 is 27.4 Å². The van der Waals surface area contributed by atoms with E-state index in [-0.39, 0.29) is 29.8 Å². The van der Waals surface area contributed by atoms with Crippen molar-refractivity contribution in [1.29, 1.82) is 0 Å². The van der Waals surface area contributed by atoms with Crippen molar-refractivity contribution in [3.8, 4) is 22.5 Å². The molecule has 4 fully saturated rings. The van der Waals surface area contributed by atoms with Crippen LogP contribution in [-0.2, 0) is 9.59 Å². The van der Waals surface area contributed by atoms with Gasteiger partial charge in [-0.05, 0) is 146 Å². The first-order valence-electron chi connectivity index (χ1n) is 28.8. The molecule has 0 radical (unpaired) electrons. The van der Waals surface area contributed by atoms with E-state index in [4.69, 9.17) is 26.8 Å².